The van der Waals surface area contributed by atoms with Crippen molar-refractivity contribution in [2.75, 3.05) is 19.4 Å². The largest absolute Gasteiger partial charge is 0.378 e. The van der Waals surface area contributed by atoms with E-state index in [-0.39, 0.29) is 6.10 Å². The first-order valence-electron chi connectivity index (χ1n) is 5.44. The molecule has 5 heteroatoms. The molecule has 0 saturated carbocycles. The monoisotopic (exact) mass is 235 g/mol. The van der Waals surface area contributed by atoms with Gasteiger partial charge in [-0.25, -0.2) is 13.1 Å². The Morgan fingerprint density at radius 1 is 1.47 bits per heavy atom. The van der Waals surface area contributed by atoms with Crippen LogP contribution in [0.25, 0.3) is 0 Å². The summed E-state index contributed by atoms with van der Waals surface area (Å²) < 4.78 is 30.1. The summed E-state index contributed by atoms with van der Waals surface area (Å²) in [6.07, 6.45) is 3.39. The van der Waals surface area contributed by atoms with Crippen LogP contribution < -0.4 is 4.72 Å². The number of nitrogens with one attached hydrogen (secondary N) is 1. The van der Waals surface area contributed by atoms with E-state index in [1.165, 1.54) is 6.26 Å². The van der Waals surface area contributed by atoms with Gasteiger partial charge in [-0.15, -0.1) is 0 Å². The molecule has 0 aromatic heterocycles. The van der Waals surface area contributed by atoms with Crippen LogP contribution >= 0.6 is 0 Å². The first-order valence-corrected chi connectivity index (χ1v) is 7.34. The summed E-state index contributed by atoms with van der Waals surface area (Å²) in [6.45, 7) is 5.57. The molecule has 1 N–H and O–H groups in total. The van der Waals surface area contributed by atoms with Crippen LogP contribution in [0.15, 0.2) is 0 Å². The average molecular weight is 235 g/mol. The Morgan fingerprint density at radius 3 is 2.67 bits per heavy atom. The molecule has 2 atom stereocenters. The summed E-state index contributed by atoms with van der Waals surface area (Å²) in [6, 6.07) is 0. The van der Waals surface area contributed by atoms with E-state index in [2.05, 4.69) is 18.6 Å². The van der Waals surface area contributed by atoms with Crippen LogP contribution in [0.4, 0.5) is 0 Å². The van der Waals surface area contributed by atoms with E-state index in [1.807, 2.05) is 0 Å². The minimum Gasteiger partial charge on any atom is -0.378 e. The lowest BCUT2D eigenvalue weighted by atomic mass is 9.90. The van der Waals surface area contributed by atoms with E-state index >= 15 is 0 Å². The topological polar surface area (TPSA) is 55.4 Å². The molecule has 2 unspecified atom stereocenters. The highest BCUT2D eigenvalue weighted by molar-refractivity contribution is 7.88. The normalized spacial score (nSPS) is 28.3. The standard InChI is InChI=1S/C10H21NO3S/c1-8(2)10-6-9(4-5-14-10)7-11-15(3,12)13/h8-11H,4-7H2,1-3H3. The van der Waals surface area contributed by atoms with Gasteiger partial charge in [-0.1, -0.05) is 13.8 Å². The summed E-state index contributed by atoms with van der Waals surface area (Å²) in [5.41, 5.74) is 0. The highest BCUT2D eigenvalue weighted by atomic mass is 32.2. The molecular formula is C10H21NO3S. The molecule has 0 spiro atoms. The third-order valence-corrected chi connectivity index (χ3v) is 3.49. The molecule has 15 heavy (non-hydrogen) atoms. The zero-order chi connectivity index (χ0) is 11.5. The van der Waals surface area contributed by atoms with Crippen LogP contribution in [0.2, 0.25) is 0 Å². The summed E-state index contributed by atoms with van der Waals surface area (Å²) in [5, 5.41) is 0. The number of sulfonamides is 1. The van der Waals surface area contributed by atoms with Crippen LogP contribution in [-0.2, 0) is 14.8 Å². The predicted molar refractivity (Wildman–Crippen MR) is 60.1 cm³/mol. The molecule has 1 fully saturated rings. The summed E-state index contributed by atoms with van der Waals surface area (Å²) in [5.74, 6) is 0.923. The van der Waals surface area contributed by atoms with E-state index in [0.717, 1.165) is 19.4 Å². The maximum atomic E-state index is 10.9. The van der Waals surface area contributed by atoms with Gasteiger partial charge in [-0.2, -0.15) is 0 Å². The Bertz CT molecular complexity index is 287. The Balaban J connectivity index is 2.37. The quantitative estimate of drug-likeness (QED) is 0.790. The van der Waals surface area contributed by atoms with Crippen LogP contribution in [0.1, 0.15) is 26.7 Å². The van der Waals surface area contributed by atoms with Crippen molar-refractivity contribution in [3.8, 4) is 0 Å². The molecule has 0 amide bonds. The molecule has 0 aliphatic carbocycles. The lowest BCUT2D eigenvalue weighted by Crippen LogP contribution is -2.36. The number of rotatable bonds is 4. The molecule has 0 aromatic rings. The summed E-state index contributed by atoms with van der Waals surface area (Å²) in [7, 11) is -3.05. The Labute approximate surface area is 92.4 Å². The third-order valence-electron chi connectivity index (χ3n) is 2.80. The van der Waals surface area contributed by atoms with Crippen molar-refractivity contribution in [1.82, 2.24) is 4.72 Å². The second kappa shape index (κ2) is 5.27. The fourth-order valence-corrected chi connectivity index (χ4v) is 2.36. The van der Waals surface area contributed by atoms with Gasteiger partial charge in [0.25, 0.3) is 0 Å². The Morgan fingerprint density at radius 2 is 2.13 bits per heavy atom. The molecular weight excluding hydrogens is 214 g/mol. The molecule has 0 aromatic carbocycles. The van der Waals surface area contributed by atoms with Crippen molar-refractivity contribution in [2.45, 2.75) is 32.8 Å². The second-order valence-corrected chi connectivity index (χ2v) is 6.50. The van der Waals surface area contributed by atoms with Gasteiger partial charge in [0.1, 0.15) is 0 Å². The zero-order valence-electron chi connectivity index (χ0n) is 9.69. The first-order chi connectivity index (χ1) is 6.88. The maximum absolute atomic E-state index is 10.9. The van der Waals surface area contributed by atoms with Crippen LogP contribution in [-0.4, -0.2) is 33.9 Å². The molecule has 0 bridgehead atoms. The number of ether oxygens (including phenoxy) is 1. The molecule has 1 aliphatic heterocycles. The van der Waals surface area contributed by atoms with E-state index in [9.17, 15) is 8.42 Å². The SMILES string of the molecule is CC(C)C1CC(CNS(C)(=O)=O)CCO1. The van der Waals surface area contributed by atoms with Gasteiger partial charge in [-0.05, 0) is 24.7 Å². The summed E-state index contributed by atoms with van der Waals surface area (Å²) >= 11 is 0. The molecule has 1 rings (SSSR count). The zero-order valence-corrected chi connectivity index (χ0v) is 10.5. The average Bonchev–Trinajstić information content (AvgIpc) is 2.14. The third kappa shape index (κ3) is 4.95. The van der Waals surface area contributed by atoms with Gasteiger partial charge < -0.3 is 4.74 Å². The number of hydrogen-bond acceptors (Lipinski definition) is 3. The van der Waals surface area contributed by atoms with Gasteiger partial charge in [0.05, 0.1) is 12.4 Å². The minimum atomic E-state index is -3.05. The highest BCUT2D eigenvalue weighted by Gasteiger charge is 2.25. The van der Waals surface area contributed by atoms with E-state index in [1.54, 1.807) is 0 Å². The first kappa shape index (κ1) is 12.9. The Kier molecular flexibility index (Phi) is 4.55. The molecule has 1 aliphatic rings. The smallest absolute Gasteiger partial charge is 0.208 e. The fraction of sp³-hybridized carbons (Fsp3) is 1.00. The van der Waals surface area contributed by atoms with E-state index < -0.39 is 10.0 Å². The predicted octanol–water partition coefficient (Wildman–Crippen LogP) is 0.987. The molecule has 0 radical (unpaired) electrons. The van der Waals surface area contributed by atoms with Crippen LogP contribution in [0.5, 0.6) is 0 Å². The maximum Gasteiger partial charge on any atom is 0.208 e. The van der Waals surface area contributed by atoms with Gasteiger partial charge in [0, 0.05) is 13.2 Å². The second-order valence-electron chi connectivity index (χ2n) is 4.66. The van der Waals surface area contributed by atoms with E-state index in [4.69, 9.17) is 4.74 Å². The fourth-order valence-electron chi connectivity index (χ4n) is 1.82. The van der Waals surface area contributed by atoms with Crippen LogP contribution in [0.3, 0.4) is 0 Å². The van der Waals surface area contributed by atoms with Crippen LogP contribution in [0, 0.1) is 11.8 Å². The van der Waals surface area contributed by atoms with E-state index in [0.29, 0.717) is 18.4 Å². The van der Waals surface area contributed by atoms with Crippen molar-refractivity contribution >= 4 is 10.0 Å². The highest BCUT2D eigenvalue weighted by Crippen LogP contribution is 2.24. The molecule has 4 nitrogen and oxygen atoms in total. The molecule has 90 valence electrons. The molecule has 1 heterocycles. The van der Waals surface area contributed by atoms with Crippen molar-refractivity contribution in [3.63, 3.8) is 0 Å². The number of hydrogen-bond donors (Lipinski definition) is 1. The van der Waals surface area contributed by atoms with Gasteiger partial charge in [0.15, 0.2) is 0 Å². The lowest BCUT2D eigenvalue weighted by molar-refractivity contribution is -0.0327. The van der Waals surface area contributed by atoms with Gasteiger partial charge >= 0.3 is 0 Å². The summed E-state index contributed by atoms with van der Waals surface area (Å²) in [4.78, 5) is 0. The van der Waals surface area contributed by atoms with Crippen molar-refractivity contribution in [1.29, 1.82) is 0 Å². The van der Waals surface area contributed by atoms with Crippen molar-refractivity contribution in [2.24, 2.45) is 11.8 Å². The van der Waals surface area contributed by atoms with Gasteiger partial charge in [0.2, 0.25) is 10.0 Å². The molecule has 1 saturated heterocycles. The van der Waals surface area contributed by atoms with Crippen molar-refractivity contribution < 1.29 is 13.2 Å². The van der Waals surface area contributed by atoms with Gasteiger partial charge in [-0.3, -0.25) is 0 Å². The lowest BCUT2D eigenvalue weighted by Gasteiger charge is -2.31. The minimum absolute atomic E-state index is 0.283. The van der Waals surface area contributed by atoms with Crippen molar-refractivity contribution in [3.05, 3.63) is 0 Å². The Hall–Kier alpha value is -0.130.